The number of aromatic nitrogens is 3. The Bertz CT molecular complexity index is 1230. The van der Waals surface area contributed by atoms with Crippen molar-refractivity contribution in [2.45, 2.75) is 37.8 Å². The van der Waals surface area contributed by atoms with Crippen molar-refractivity contribution in [2.24, 2.45) is 0 Å². The second kappa shape index (κ2) is 11.2. The van der Waals surface area contributed by atoms with Crippen molar-refractivity contribution in [1.82, 2.24) is 20.1 Å². The van der Waals surface area contributed by atoms with Gasteiger partial charge in [-0.2, -0.15) is 13.2 Å². The highest BCUT2D eigenvalue weighted by molar-refractivity contribution is 7.99. The topological polar surface area (TPSA) is 88.9 Å². The average Bonchev–Trinajstić information content (AvgIpc) is 3.20. The number of carbonyl (C=O) groups is 2. The van der Waals surface area contributed by atoms with Gasteiger partial charge in [0.2, 0.25) is 5.91 Å². The molecule has 0 spiro atoms. The molecule has 0 saturated heterocycles. The summed E-state index contributed by atoms with van der Waals surface area (Å²) in [7, 11) is 0. The highest BCUT2D eigenvalue weighted by Gasteiger charge is 2.30. The molecule has 0 aliphatic rings. The molecule has 3 aromatic rings. The highest BCUT2D eigenvalue weighted by Crippen LogP contribution is 2.30. The van der Waals surface area contributed by atoms with Crippen molar-refractivity contribution in [3.63, 3.8) is 0 Å². The molecule has 0 saturated carbocycles. The van der Waals surface area contributed by atoms with Crippen molar-refractivity contribution < 1.29 is 22.8 Å². The number of amides is 2. The molecule has 35 heavy (non-hydrogen) atoms. The molecule has 2 amide bonds. The van der Waals surface area contributed by atoms with Crippen LogP contribution in [-0.2, 0) is 17.5 Å². The summed E-state index contributed by atoms with van der Waals surface area (Å²) in [5, 5.41) is 14.1. The number of thioether (sulfide) groups is 1. The van der Waals surface area contributed by atoms with Crippen molar-refractivity contribution in [3.8, 4) is 0 Å². The van der Waals surface area contributed by atoms with Crippen LogP contribution in [0.5, 0.6) is 0 Å². The lowest BCUT2D eigenvalue weighted by atomic mass is 10.1. The summed E-state index contributed by atoms with van der Waals surface area (Å²) in [5.41, 5.74) is 0.681. The Kier molecular flexibility index (Phi) is 8.34. The van der Waals surface area contributed by atoms with E-state index in [0.29, 0.717) is 23.1 Å². The average molecular weight is 504 g/mol. The standard InChI is InChI=1S/C24H24F3N5O2S/c1-4-11-32-21(16(3)28-22(34)17-8-5-7-15(2)12-17)30-31-23(32)35-14-20(33)29-19-10-6-9-18(13-19)24(25,26)27/h4-10,12-13,16H,1,11,14H2,2-3H3,(H,28,34)(H,29,33)/t16-/m1/s1. The van der Waals surface area contributed by atoms with E-state index in [2.05, 4.69) is 27.4 Å². The van der Waals surface area contributed by atoms with Crippen LogP contribution in [0.2, 0.25) is 0 Å². The molecule has 1 heterocycles. The van der Waals surface area contributed by atoms with Crippen LogP contribution < -0.4 is 10.6 Å². The maximum absolute atomic E-state index is 12.9. The van der Waals surface area contributed by atoms with Crippen LogP contribution in [0.15, 0.2) is 66.3 Å². The van der Waals surface area contributed by atoms with Crippen molar-refractivity contribution in [3.05, 3.63) is 83.7 Å². The van der Waals surface area contributed by atoms with Gasteiger partial charge in [0.15, 0.2) is 11.0 Å². The molecular formula is C24H24F3N5O2S. The van der Waals surface area contributed by atoms with E-state index < -0.39 is 23.7 Å². The van der Waals surface area contributed by atoms with Gasteiger partial charge in [-0.25, -0.2) is 0 Å². The zero-order valence-electron chi connectivity index (χ0n) is 19.1. The Morgan fingerprint density at radius 1 is 1.17 bits per heavy atom. The first-order chi connectivity index (χ1) is 16.6. The number of nitrogens with zero attached hydrogens (tertiary/aromatic N) is 3. The Morgan fingerprint density at radius 2 is 1.91 bits per heavy atom. The van der Waals surface area contributed by atoms with Crippen LogP contribution in [0.4, 0.5) is 18.9 Å². The summed E-state index contributed by atoms with van der Waals surface area (Å²) >= 11 is 1.07. The summed E-state index contributed by atoms with van der Waals surface area (Å²) in [6.07, 6.45) is -2.87. The van der Waals surface area contributed by atoms with E-state index in [1.54, 1.807) is 35.8 Å². The Balaban J connectivity index is 1.66. The number of benzene rings is 2. The first kappa shape index (κ1) is 26.0. The van der Waals surface area contributed by atoms with Crippen LogP contribution in [0.1, 0.15) is 40.3 Å². The normalized spacial score (nSPS) is 12.1. The van der Waals surface area contributed by atoms with Gasteiger partial charge in [-0.1, -0.05) is 41.6 Å². The van der Waals surface area contributed by atoms with Gasteiger partial charge in [0.05, 0.1) is 17.4 Å². The van der Waals surface area contributed by atoms with E-state index >= 15 is 0 Å². The van der Waals surface area contributed by atoms with Gasteiger partial charge < -0.3 is 15.2 Å². The van der Waals surface area contributed by atoms with Gasteiger partial charge in [0.1, 0.15) is 0 Å². The zero-order chi connectivity index (χ0) is 25.6. The van der Waals surface area contributed by atoms with Crippen molar-refractivity contribution >= 4 is 29.3 Å². The molecule has 0 fully saturated rings. The van der Waals surface area contributed by atoms with E-state index in [1.807, 2.05) is 13.0 Å². The molecular weight excluding hydrogens is 479 g/mol. The van der Waals surface area contributed by atoms with Gasteiger partial charge in [-0.05, 0) is 44.2 Å². The fraction of sp³-hybridized carbons (Fsp3) is 0.250. The van der Waals surface area contributed by atoms with Gasteiger partial charge >= 0.3 is 6.18 Å². The Morgan fingerprint density at radius 3 is 2.60 bits per heavy atom. The lowest BCUT2D eigenvalue weighted by Crippen LogP contribution is -2.29. The minimum Gasteiger partial charge on any atom is -0.342 e. The monoisotopic (exact) mass is 503 g/mol. The molecule has 2 N–H and O–H groups in total. The lowest BCUT2D eigenvalue weighted by molar-refractivity contribution is -0.137. The number of hydrogen-bond donors (Lipinski definition) is 2. The van der Waals surface area contributed by atoms with E-state index in [9.17, 15) is 22.8 Å². The first-order valence-corrected chi connectivity index (χ1v) is 11.6. The summed E-state index contributed by atoms with van der Waals surface area (Å²) in [6.45, 7) is 7.73. The quantitative estimate of drug-likeness (QED) is 0.317. The number of aryl methyl sites for hydroxylation is 1. The fourth-order valence-electron chi connectivity index (χ4n) is 3.26. The highest BCUT2D eigenvalue weighted by atomic mass is 32.2. The van der Waals surface area contributed by atoms with Crippen molar-refractivity contribution in [2.75, 3.05) is 11.1 Å². The Hall–Kier alpha value is -3.60. The number of hydrogen-bond acceptors (Lipinski definition) is 5. The number of allylic oxidation sites excluding steroid dienone is 1. The number of nitrogens with one attached hydrogen (secondary N) is 2. The van der Waals surface area contributed by atoms with Crippen molar-refractivity contribution in [1.29, 1.82) is 0 Å². The van der Waals surface area contributed by atoms with Crippen LogP contribution in [0.25, 0.3) is 0 Å². The zero-order valence-corrected chi connectivity index (χ0v) is 19.9. The number of rotatable bonds is 9. The third-order valence-corrected chi connectivity index (χ3v) is 5.85. The molecule has 0 aliphatic heterocycles. The predicted molar refractivity (Wildman–Crippen MR) is 128 cm³/mol. The molecule has 2 aromatic carbocycles. The third-order valence-electron chi connectivity index (χ3n) is 4.88. The Labute approximate surface area is 204 Å². The SMILES string of the molecule is C=CCn1c(SCC(=O)Nc2cccc(C(F)(F)F)c2)nnc1[C@@H](C)NC(=O)c1cccc(C)c1. The molecule has 184 valence electrons. The molecule has 0 radical (unpaired) electrons. The number of halogens is 3. The number of carbonyl (C=O) groups excluding carboxylic acids is 2. The number of alkyl halides is 3. The van der Waals surface area contributed by atoms with Gasteiger partial charge in [-0.3, -0.25) is 9.59 Å². The molecule has 0 unspecified atom stereocenters. The molecule has 11 heteroatoms. The minimum atomic E-state index is -4.50. The van der Waals surface area contributed by atoms with Crippen LogP contribution in [0.3, 0.4) is 0 Å². The molecule has 0 aliphatic carbocycles. The predicted octanol–water partition coefficient (Wildman–Crippen LogP) is 5.01. The van der Waals surface area contributed by atoms with Gasteiger partial charge in [0, 0.05) is 17.8 Å². The molecule has 7 nitrogen and oxygen atoms in total. The summed E-state index contributed by atoms with van der Waals surface area (Å²) in [4.78, 5) is 25.0. The van der Waals surface area contributed by atoms with E-state index in [4.69, 9.17) is 0 Å². The molecule has 3 rings (SSSR count). The van der Waals surface area contributed by atoms with Crippen LogP contribution in [0, 0.1) is 6.92 Å². The van der Waals surface area contributed by atoms with E-state index in [-0.39, 0.29) is 17.3 Å². The van der Waals surface area contributed by atoms with E-state index in [1.165, 1.54) is 12.1 Å². The second-order valence-corrected chi connectivity index (χ2v) is 8.66. The summed E-state index contributed by atoms with van der Waals surface area (Å²) in [5.74, 6) is -0.379. The summed E-state index contributed by atoms with van der Waals surface area (Å²) < 4.78 is 40.4. The first-order valence-electron chi connectivity index (χ1n) is 10.6. The molecule has 1 atom stereocenters. The minimum absolute atomic E-state index is 0.0474. The van der Waals surface area contributed by atoms with Gasteiger partial charge in [0.25, 0.3) is 5.91 Å². The molecule has 1 aromatic heterocycles. The summed E-state index contributed by atoms with van der Waals surface area (Å²) in [6, 6.07) is 11.1. The lowest BCUT2D eigenvalue weighted by Gasteiger charge is -2.15. The molecule has 0 bridgehead atoms. The third kappa shape index (κ3) is 6.95. The smallest absolute Gasteiger partial charge is 0.342 e. The van der Waals surface area contributed by atoms with E-state index in [0.717, 1.165) is 29.5 Å². The fourth-order valence-corrected chi connectivity index (χ4v) is 4.01. The maximum atomic E-state index is 12.9. The second-order valence-electron chi connectivity index (χ2n) is 7.72. The van der Waals surface area contributed by atoms with Crippen LogP contribution in [-0.4, -0.2) is 32.3 Å². The number of anilines is 1. The van der Waals surface area contributed by atoms with Gasteiger partial charge in [-0.15, -0.1) is 16.8 Å². The maximum Gasteiger partial charge on any atom is 0.416 e. The van der Waals surface area contributed by atoms with Crippen LogP contribution >= 0.6 is 11.8 Å². The largest absolute Gasteiger partial charge is 0.416 e.